The molecule has 28 heavy (non-hydrogen) atoms. The number of phenols is 1. The predicted molar refractivity (Wildman–Crippen MR) is 101 cm³/mol. The third-order valence-electron chi connectivity index (χ3n) is 5.31. The van der Waals surface area contributed by atoms with Crippen LogP contribution >= 0.6 is 0 Å². The van der Waals surface area contributed by atoms with Crippen LogP contribution in [0.3, 0.4) is 0 Å². The molecule has 1 aliphatic carbocycles. The number of aromatic nitrogens is 3. The number of benzene rings is 2. The van der Waals surface area contributed by atoms with Gasteiger partial charge in [-0.15, -0.1) is 0 Å². The van der Waals surface area contributed by atoms with Crippen molar-refractivity contribution in [2.24, 2.45) is 0 Å². The van der Waals surface area contributed by atoms with Crippen molar-refractivity contribution in [3.63, 3.8) is 0 Å². The number of nitrogens with zero attached hydrogens (tertiary/aromatic N) is 3. The molecule has 4 aromatic rings. The Labute approximate surface area is 159 Å². The highest BCUT2D eigenvalue weighted by Crippen LogP contribution is 2.38. The van der Waals surface area contributed by atoms with Crippen LogP contribution in [-0.2, 0) is 12.8 Å². The van der Waals surface area contributed by atoms with Gasteiger partial charge in [-0.25, -0.2) is 14.4 Å². The summed E-state index contributed by atoms with van der Waals surface area (Å²) in [5.41, 5.74) is 9.77. The maximum absolute atomic E-state index is 13.9. The van der Waals surface area contributed by atoms with E-state index in [1.807, 2.05) is 16.5 Å². The summed E-state index contributed by atoms with van der Waals surface area (Å²) in [7, 11) is 0. The number of nitrogens with two attached hydrogens (primary N) is 1. The minimum atomic E-state index is -1.29. The molecule has 140 valence electrons. The Morgan fingerprint density at radius 1 is 1.11 bits per heavy atom. The topological polar surface area (TPSA) is 76.4 Å². The molecule has 1 aliphatic rings. The number of aromatic hydroxyl groups is 1. The summed E-state index contributed by atoms with van der Waals surface area (Å²) < 4.78 is 29.3. The van der Waals surface area contributed by atoms with Gasteiger partial charge in [-0.05, 0) is 36.1 Å². The smallest absolute Gasteiger partial charge is 0.200 e. The molecule has 0 aliphatic heterocycles. The summed E-state index contributed by atoms with van der Waals surface area (Å²) in [6, 6.07) is 10.4. The lowest BCUT2D eigenvalue weighted by Crippen LogP contribution is -2.05. The van der Waals surface area contributed by atoms with Crippen LogP contribution in [0.2, 0.25) is 0 Å². The summed E-state index contributed by atoms with van der Waals surface area (Å²) in [5.74, 6) is -2.07. The fourth-order valence-corrected chi connectivity index (χ4v) is 4.03. The number of nitrogen functional groups attached to an aromatic ring is 1. The standard InChI is InChI=1S/C21H16F2N4O/c22-15-9-13(10-16(28)17(15)23)18-19-20(24)25-5-6-27(19)21(26-18)14-7-11-3-1-2-4-12(11)8-14/h1-6,9-10,14,28H,7-8H2,(H2,24,25). The first kappa shape index (κ1) is 16.7. The molecular formula is C21H16F2N4O. The molecule has 2 aromatic carbocycles. The molecule has 0 saturated heterocycles. The monoisotopic (exact) mass is 378 g/mol. The molecule has 0 saturated carbocycles. The number of phenolic OH excluding ortho intramolecular Hbond substituents is 1. The molecule has 3 N–H and O–H groups in total. The van der Waals surface area contributed by atoms with E-state index in [-0.39, 0.29) is 17.3 Å². The third-order valence-corrected chi connectivity index (χ3v) is 5.31. The molecular weight excluding hydrogens is 362 g/mol. The Balaban J connectivity index is 1.70. The van der Waals surface area contributed by atoms with Gasteiger partial charge in [0.05, 0.1) is 0 Å². The molecule has 0 atom stereocenters. The molecule has 5 rings (SSSR count). The number of imidazole rings is 1. The molecule has 0 bridgehead atoms. The lowest BCUT2D eigenvalue weighted by molar-refractivity contribution is 0.407. The number of halogens is 2. The fraction of sp³-hybridized carbons (Fsp3) is 0.143. The summed E-state index contributed by atoms with van der Waals surface area (Å²) in [4.78, 5) is 8.86. The average Bonchev–Trinajstić information content (AvgIpc) is 3.27. The van der Waals surface area contributed by atoms with Gasteiger partial charge in [0.25, 0.3) is 0 Å². The predicted octanol–water partition coefficient (Wildman–Crippen LogP) is 3.84. The highest BCUT2D eigenvalue weighted by molar-refractivity contribution is 5.85. The zero-order chi connectivity index (χ0) is 19.4. The van der Waals surface area contributed by atoms with Gasteiger partial charge >= 0.3 is 0 Å². The second-order valence-electron chi connectivity index (χ2n) is 7.01. The van der Waals surface area contributed by atoms with Crippen LogP contribution in [0, 0.1) is 11.6 Å². The minimum absolute atomic E-state index is 0.124. The largest absolute Gasteiger partial charge is 0.505 e. The molecule has 0 spiro atoms. The van der Waals surface area contributed by atoms with Crippen molar-refractivity contribution in [2.75, 3.05) is 5.73 Å². The van der Waals surface area contributed by atoms with Crippen LogP contribution < -0.4 is 5.73 Å². The second kappa shape index (κ2) is 6.02. The van der Waals surface area contributed by atoms with Crippen LogP contribution in [0.1, 0.15) is 22.9 Å². The SMILES string of the molecule is Nc1nccn2c(C3Cc4ccccc4C3)nc(-c3cc(O)c(F)c(F)c3)c12. The molecule has 5 nitrogen and oxygen atoms in total. The van der Waals surface area contributed by atoms with Gasteiger partial charge < -0.3 is 10.8 Å². The highest BCUT2D eigenvalue weighted by Gasteiger charge is 2.28. The molecule has 0 radical (unpaired) electrons. The molecule has 0 fully saturated rings. The van der Waals surface area contributed by atoms with Crippen molar-refractivity contribution in [3.05, 3.63) is 77.4 Å². The van der Waals surface area contributed by atoms with E-state index in [2.05, 4.69) is 17.1 Å². The van der Waals surface area contributed by atoms with Gasteiger partial charge in [-0.1, -0.05) is 24.3 Å². The molecule has 0 amide bonds. The van der Waals surface area contributed by atoms with E-state index in [4.69, 9.17) is 10.7 Å². The molecule has 2 heterocycles. The van der Waals surface area contributed by atoms with E-state index in [0.717, 1.165) is 30.8 Å². The van der Waals surface area contributed by atoms with Gasteiger partial charge in [0.15, 0.2) is 17.4 Å². The van der Waals surface area contributed by atoms with Gasteiger partial charge in [0.2, 0.25) is 0 Å². The van der Waals surface area contributed by atoms with Crippen LogP contribution in [0.15, 0.2) is 48.8 Å². The summed E-state index contributed by atoms with van der Waals surface area (Å²) >= 11 is 0. The first-order valence-electron chi connectivity index (χ1n) is 8.90. The lowest BCUT2D eigenvalue weighted by atomic mass is 10.1. The van der Waals surface area contributed by atoms with Crippen molar-refractivity contribution >= 4 is 11.3 Å². The Morgan fingerprint density at radius 3 is 2.50 bits per heavy atom. The minimum Gasteiger partial charge on any atom is -0.505 e. The Hall–Kier alpha value is -3.48. The van der Waals surface area contributed by atoms with Crippen molar-refractivity contribution < 1.29 is 13.9 Å². The Morgan fingerprint density at radius 2 is 1.82 bits per heavy atom. The van der Waals surface area contributed by atoms with Gasteiger partial charge in [-0.3, -0.25) is 4.40 Å². The quantitative estimate of drug-likeness (QED) is 0.556. The van der Waals surface area contributed by atoms with E-state index in [1.54, 1.807) is 12.4 Å². The van der Waals surface area contributed by atoms with Crippen LogP contribution in [-0.4, -0.2) is 19.5 Å². The van der Waals surface area contributed by atoms with Crippen LogP contribution in [0.4, 0.5) is 14.6 Å². The van der Waals surface area contributed by atoms with Crippen molar-refractivity contribution in [3.8, 4) is 17.0 Å². The van der Waals surface area contributed by atoms with Crippen LogP contribution in [0.5, 0.6) is 5.75 Å². The van der Waals surface area contributed by atoms with E-state index in [1.165, 1.54) is 11.1 Å². The maximum Gasteiger partial charge on any atom is 0.200 e. The zero-order valence-corrected chi connectivity index (χ0v) is 14.7. The number of hydrogen-bond donors (Lipinski definition) is 2. The summed E-state index contributed by atoms with van der Waals surface area (Å²) in [6.45, 7) is 0. The van der Waals surface area contributed by atoms with Gasteiger partial charge in [0.1, 0.15) is 22.9 Å². The third kappa shape index (κ3) is 2.43. The van der Waals surface area contributed by atoms with E-state index >= 15 is 0 Å². The van der Waals surface area contributed by atoms with E-state index in [9.17, 15) is 13.9 Å². The number of fused-ring (bicyclic) bond motifs is 2. The average molecular weight is 378 g/mol. The van der Waals surface area contributed by atoms with Crippen molar-refractivity contribution in [2.45, 2.75) is 18.8 Å². The summed E-state index contributed by atoms with van der Waals surface area (Å²) in [6.07, 6.45) is 5.02. The molecule has 7 heteroatoms. The van der Waals surface area contributed by atoms with Crippen molar-refractivity contribution in [1.29, 1.82) is 0 Å². The van der Waals surface area contributed by atoms with Gasteiger partial charge in [-0.2, -0.15) is 4.39 Å². The van der Waals surface area contributed by atoms with Gasteiger partial charge in [0, 0.05) is 23.9 Å². The first-order valence-corrected chi connectivity index (χ1v) is 8.90. The Bertz CT molecular complexity index is 1190. The lowest BCUT2D eigenvalue weighted by Gasteiger charge is -2.08. The van der Waals surface area contributed by atoms with E-state index in [0.29, 0.717) is 11.2 Å². The van der Waals surface area contributed by atoms with Crippen molar-refractivity contribution in [1.82, 2.24) is 14.4 Å². The molecule has 0 unspecified atom stereocenters. The maximum atomic E-state index is 13.9. The fourth-order valence-electron chi connectivity index (χ4n) is 4.03. The van der Waals surface area contributed by atoms with Crippen LogP contribution in [0.25, 0.3) is 16.8 Å². The summed E-state index contributed by atoms with van der Waals surface area (Å²) in [5, 5.41) is 9.72. The normalized spacial score (nSPS) is 13.9. The molecule has 2 aromatic heterocycles. The zero-order valence-electron chi connectivity index (χ0n) is 14.7. The first-order chi connectivity index (χ1) is 13.5. The number of anilines is 1. The number of rotatable bonds is 2. The number of hydrogen-bond acceptors (Lipinski definition) is 4. The Kier molecular flexibility index (Phi) is 3.58. The second-order valence-corrected chi connectivity index (χ2v) is 7.01. The highest BCUT2D eigenvalue weighted by atomic mass is 19.2. The van der Waals surface area contributed by atoms with E-state index < -0.39 is 17.4 Å².